The Balaban J connectivity index is 2.36. The van der Waals surface area contributed by atoms with Crippen molar-refractivity contribution >= 4 is 0 Å². The third-order valence-electron chi connectivity index (χ3n) is 2.21. The minimum atomic E-state index is -0.534. The maximum Gasteiger partial charge on any atom is 0.0672 e. The van der Waals surface area contributed by atoms with Gasteiger partial charge in [-0.2, -0.15) is 0 Å². The Hall–Kier alpha value is -0.0800. The van der Waals surface area contributed by atoms with Crippen LogP contribution in [0.5, 0.6) is 0 Å². The Labute approximate surface area is 61.9 Å². The molecule has 0 saturated heterocycles. The summed E-state index contributed by atoms with van der Waals surface area (Å²) >= 11 is 0. The average Bonchev–Trinajstić information content (AvgIpc) is 2.12. The Morgan fingerprint density at radius 1 is 1.40 bits per heavy atom. The summed E-state index contributed by atoms with van der Waals surface area (Å²) in [5.41, 5.74) is -0.534. The second-order valence-corrected chi connectivity index (χ2v) is 3.48. The van der Waals surface area contributed by atoms with Crippen molar-refractivity contribution in [2.45, 2.75) is 50.7 Å². The number of rotatable bonds is 2. The van der Waals surface area contributed by atoms with Gasteiger partial charge in [-0.25, -0.2) is 0 Å². The van der Waals surface area contributed by atoms with Gasteiger partial charge in [-0.15, -0.1) is 0 Å². The van der Waals surface area contributed by atoms with Gasteiger partial charge in [-0.05, 0) is 19.8 Å². The zero-order valence-corrected chi connectivity index (χ0v) is 6.51. The van der Waals surface area contributed by atoms with Crippen molar-refractivity contribution in [2.24, 2.45) is 0 Å². The third kappa shape index (κ3) is 1.96. The van der Waals surface area contributed by atoms with E-state index in [0.29, 0.717) is 6.42 Å². The van der Waals surface area contributed by atoms with Gasteiger partial charge >= 0.3 is 0 Å². The first-order chi connectivity index (χ1) is 4.62. The van der Waals surface area contributed by atoms with Gasteiger partial charge in [-0.1, -0.05) is 12.8 Å². The number of aliphatic hydroxyl groups is 2. The maximum atomic E-state index is 9.70. The highest BCUT2D eigenvalue weighted by Gasteiger charge is 2.31. The van der Waals surface area contributed by atoms with E-state index in [2.05, 4.69) is 0 Å². The zero-order valence-electron chi connectivity index (χ0n) is 6.51. The van der Waals surface area contributed by atoms with Crippen LogP contribution in [0.2, 0.25) is 0 Å². The number of aliphatic hydroxyl groups excluding tert-OH is 1. The molecule has 0 spiro atoms. The molecular weight excluding hydrogens is 128 g/mol. The zero-order chi connectivity index (χ0) is 7.61. The summed E-state index contributed by atoms with van der Waals surface area (Å²) in [6, 6.07) is 0. The molecule has 0 aliphatic heterocycles. The van der Waals surface area contributed by atoms with Crippen LogP contribution in [0.3, 0.4) is 0 Å². The predicted molar refractivity (Wildman–Crippen MR) is 39.7 cm³/mol. The highest BCUT2D eigenvalue weighted by atomic mass is 16.3. The van der Waals surface area contributed by atoms with Crippen LogP contribution in [0.15, 0.2) is 0 Å². The second-order valence-electron chi connectivity index (χ2n) is 3.48. The highest BCUT2D eigenvalue weighted by Crippen LogP contribution is 2.32. The molecule has 0 aromatic heterocycles. The summed E-state index contributed by atoms with van der Waals surface area (Å²) in [6.45, 7) is 1.73. The van der Waals surface area contributed by atoms with E-state index in [1.165, 1.54) is 0 Å². The van der Waals surface area contributed by atoms with E-state index in [4.69, 9.17) is 5.11 Å². The van der Waals surface area contributed by atoms with Crippen LogP contribution in [0.25, 0.3) is 0 Å². The number of hydrogen-bond donors (Lipinski definition) is 2. The molecule has 0 bridgehead atoms. The first-order valence-electron chi connectivity index (χ1n) is 4.03. The first-order valence-corrected chi connectivity index (χ1v) is 4.03. The van der Waals surface area contributed by atoms with Gasteiger partial charge in [0.1, 0.15) is 0 Å². The van der Waals surface area contributed by atoms with E-state index >= 15 is 0 Å². The third-order valence-corrected chi connectivity index (χ3v) is 2.21. The lowest BCUT2D eigenvalue weighted by Crippen LogP contribution is -2.28. The van der Waals surface area contributed by atoms with Gasteiger partial charge in [0, 0.05) is 6.42 Å². The lowest BCUT2D eigenvalue weighted by Gasteiger charge is -2.23. The van der Waals surface area contributed by atoms with Crippen molar-refractivity contribution in [3.63, 3.8) is 0 Å². The van der Waals surface area contributed by atoms with Crippen molar-refractivity contribution in [3.8, 4) is 0 Å². The largest absolute Gasteiger partial charge is 0.393 e. The summed E-state index contributed by atoms with van der Waals surface area (Å²) in [7, 11) is 0. The first kappa shape index (κ1) is 8.02. The molecule has 1 aliphatic rings. The van der Waals surface area contributed by atoms with E-state index in [-0.39, 0.29) is 6.10 Å². The molecule has 2 N–H and O–H groups in total. The smallest absolute Gasteiger partial charge is 0.0672 e. The summed E-state index contributed by atoms with van der Waals surface area (Å²) in [4.78, 5) is 0. The van der Waals surface area contributed by atoms with Gasteiger partial charge in [0.2, 0.25) is 0 Å². The summed E-state index contributed by atoms with van der Waals surface area (Å²) in [5.74, 6) is 0. The molecular formula is C8H16O2. The van der Waals surface area contributed by atoms with Gasteiger partial charge in [0.25, 0.3) is 0 Å². The summed E-state index contributed by atoms with van der Waals surface area (Å²) in [6.07, 6.45) is 4.16. The van der Waals surface area contributed by atoms with E-state index < -0.39 is 5.60 Å². The minimum Gasteiger partial charge on any atom is -0.393 e. The van der Waals surface area contributed by atoms with Gasteiger partial charge in [0.15, 0.2) is 0 Å². The molecule has 1 fully saturated rings. The Morgan fingerprint density at radius 3 is 2.30 bits per heavy atom. The van der Waals surface area contributed by atoms with Gasteiger partial charge in [-0.3, -0.25) is 0 Å². The van der Waals surface area contributed by atoms with Crippen LogP contribution in [0.4, 0.5) is 0 Å². The van der Waals surface area contributed by atoms with Crippen LogP contribution in [-0.2, 0) is 0 Å². The second kappa shape index (κ2) is 2.89. The van der Waals surface area contributed by atoms with Crippen LogP contribution in [0.1, 0.15) is 39.0 Å². The molecule has 10 heavy (non-hydrogen) atoms. The molecule has 1 saturated carbocycles. The fourth-order valence-corrected chi connectivity index (χ4v) is 1.79. The van der Waals surface area contributed by atoms with E-state index in [0.717, 1.165) is 25.7 Å². The molecule has 1 unspecified atom stereocenters. The molecule has 1 atom stereocenters. The van der Waals surface area contributed by atoms with E-state index in [1.54, 1.807) is 6.92 Å². The monoisotopic (exact) mass is 144 g/mol. The van der Waals surface area contributed by atoms with E-state index in [9.17, 15) is 5.11 Å². The minimum absolute atomic E-state index is 0.358. The summed E-state index contributed by atoms with van der Waals surface area (Å²) in [5, 5.41) is 18.7. The Kier molecular flexibility index (Phi) is 2.32. The lowest BCUT2D eigenvalue weighted by atomic mass is 9.95. The quantitative estimate of drug-likeness (QED) is 0.608. The molecule has 0 heterocycles. The van der Waals surface area contributed by atoms with Crippen molar-refractivity contribution in [1.82, 2.24) is 0 Å². The summed E-state index contributed by atoms with van der Waals surface area (Å²) < 4.78 is 0. The standard InChI is InChI=1S/C8H16O2/c1-7(9)6-8(10)4-2-3-5-8/h7,9-10H,2-6H2,1H3. The normalized spacial score (nSPS) is 26.7. The predicted octanol–water partition coefficient (Wildman–Crippen LogP) is 1.06. The Bertz CT molecular complexity index is 104. The molecule has 60 valence electrons. The van der Waals surface area contributed by atoms with Crippen LogP contribution < -0.4 is 0 Å². The molecule has 0 aromatic carbocycles. The molecule has 2 heteroatoms. The average molecular weight is 144 g/mol. The lowest BCUT2D eigenvalue weighted by molar-refractivity contribution is -0.0000146. The SMILES string of the molecule is CC(O)CC1(O)CCCC1. The van der Waals surface area contributed by atoms with Crippen molar-refractivity contribution < 1.29 is 10.2 Å². The van der Waals surface area contributed by atoms with Gasteiger partial charge in [0.05, 0.1) is 11.7 Å². The molecule has 0 aromatic rings. The molecule has 0 amide bonds. The van der Waals surface area contributed by atoms with Crippen LogP contribution in [0, 0.1) is 0 Å². The van der Waals surface area contributed by atoms with Gasteiger partial charge < -0.3 is 10.2 Å². The molecule has 0 radical (unpaired) electrons. The fraction of sp³-hybridized carbons (Fsp3) is 1.00. The highest BCUT2D eigenvalue weighted by molar-refractivity contribution is 4.85. The van der Waals surface area contributed by atoms with E-state index in [1.807, 2.05) is 0 Å². The fourth-order valence-electron chi connectivity index (χ4n) is 1.79. The van der Waals surface area contributed by atoms with Crippen molar-refractivity contribution in [1.29, 1.82) is 0 Å². The Morgan fingerprint density at radius 2 is 1.90 bits per heavy atom. The molecule has 1 rings (SSSR count). The van der Waals surface area contributed by atoms with Crippen LogP contribution >= 0.6 is 0 Å². The van der Waals surface area contributed by atoms with Crippen molar-refractivity contribution in [2.75, 3.05) is 0 Å². The molecule has 1 aliphatic carbocycles. The van der Waals surface area contributed by atoms with Crippen molar-refractivity contribution in [3.05, 3.63) is 0 Å². The maximum absolute atomic E-state index is 9.70. The number of hydrogen-bond acceptors (Lipinski definition) is 2. The molecule has 2 nitrogen and oxygen atoms in total. The topological polar surface area (TPSA) is 40.5 Å². The van der Waals surface area contributed by atoms with Crippen LogP contribution in [-0.4, -0.2) is 21.9 Å².